The van der Waals surface area contributed by atoms with E-state index in [0.717, 1.165) is 34.7 Å². The molecule has 2 rings (SSSR count). The van der Waals surface area contributed by atoms with Crippen LogP contribution in [0.5, 0.6) is 0 Å². The quantitative estimate of drug-likeness (QED) is 0.667. The van der Waals surface area contributed by atoms with Gasteiger partial charge in [-0.05, 0) is 35.8 Å². The summed E-state index contributed by atoms with van der Waals surface area (Å²) in [6, 6.07) is 12.9. The van der Waals surface area contributed by atoms with Crippen LogP contribution < -0.4 is 5.32 Å². The van der Waals surface area contributed by atoms with Gasteiger partial charge in [-0.1, -0.05) is 32.4 Å². The summed E-state index contributed by atoms with van der Waals surface area (Å²) in [5.41, 5.74) is 1.71. The number of nitrogens with one attached hydrogen (secondary N) is 1. The van der Waals surface area contributed by atoms with Crippen molar-refractivity contribution in [2.75, 3.05) is 11.1 Å². The summed E-state index contributed by atoms with van der Waals surface area (Å²) in [5.74, 6) is 0.974. The average Bonchev–Trinajstić information content (AvgIpc) is 3.01. The van der Waals surface area contributed by atoms with Crippen LogP contribution in [0.3, 0.4) is 0 Å². The van der Waals surface area contributed by atoms with Crippen LogP contribution in [0, 0.1) is 11.3 Å². The van der Waals surface area contributed by atoms with E-state index in [1.807, 2.05) is 18.2 Å². The standard InChI is InChI=1S/C17H20N2S2/c1-3-7-15(17-10-6-11-21-17)19-14-8-5-9-16(20-4-2)13(14)12-18/h5-6,8-11,15,19H,3-4,7H2,1-2H3. The Labute approximate surface area is 135 Å². The Hall–Kier alpha value is -1.44. The lowest BCUT2D eigenvalue weighted by Crippen LogP contribution is -2.10. The Morgan fingerprint density at radius 3 is 2.76 bits per heavy atom. The Kier molecular flexibility index (Phi) is 6.16. The third-order valence-electron chi connectivity index (χ3n) is 3.23. The first-order valence-corrected chi connectivity index (χ1v) is 9.12. The van der Waals surface area contributed by atoms with E-state index in [9.17, 15) is 5.26 Å². The molecule has 1 atom stereocenters. The molecule has 2 nitrogen and oxygen atoms in total. The van der Waals surface area contributed by atoms with Gasteiger partial charge in [0.2, 0.25) is 0 Å². The minimum atomic E-state index is 0.281. The highest BCUT2D eigenvalue weighted by Crippen LogP contribution is 2.32. The summed E-state index contributed by atoms with van der Waals surface area (Å²) in [7, 11) is 0. The van der Waals surface area contributed by atoms with Gasteiger partial charge in [-0.2, -0.15) is 5.26 Å². The highest BCUT2D eigenvalue weighted by molar-refractivity contribution is 7.99. The zero-order valence-electron chi connectivity index (χ0n) is 12.4. The van der Waals surface area contributed by atoms with Crippen LogP contribution in [0.1, 0.15) is 43.2 Å². The van der Waals surface area contributed by atoms with E-state index in [4.69, 9.17) is 0 Å². The summed E-state index contributed by atoms with van der Waals surface area (Å²) in [4.78, 5) is 2.39. The lowest BCUT2D eigenvalue weighted by molar-refractivity contribution is 0.687. The van der Waals surface area contributed by atoms with Gasteiger partial charge in [0.05, 0.1) is 17.3 Å². The number of anilines is 1. The predicted octanol–water partition coefficient (Wildman–Crippen LogP) is 5.69. The molecule has 0 saturated carbocycles. The topological polar surface area (TPSA) is 35.8 Å². The molecule has 0 radical (unpaired) electrons. The fourth-order valence-electron chi connectivity index (χ4n) is 2.29. The number of hydrogen-bond donors (Lipinski definition) is 1. The number of rotatable bonds is 7. The Morgan fingerprint density at radius 1 is 1.29 bits per heavy atom. The first-order chi connectivity index (χ1) is 10.3. The summed E-state index contributed by atoms with van der Waals surface area (Å²) >= 11 is 3.49. The van der Waals surface area contributed by atoms with Crippen molar-refractivity contribution in [3.63, 3.8) is 0 Å². The number of benzene rings is 1. The lowest BCUT2D eigenvalue weighted by Gasteiger charge is -2.20. The van der Waals surface area contributed by atoms with Gasteiger partial charge in [0.15, 0.2) is 0 Å². The molecule has 1 N–H and O–H groups in total. The summed E-state index contributed by atoms with van der Waals surface area (Å²) in [5, 5.41) is 15.2. The van der Waals surface area contributed by atoms with Crippen LogP contribution >= 0.6 is 23.1 Å². The van der Waals surface area contributed by atoms with Crippen LogP contribution in [0.2, 0.25) is 0 Å². The minimum Gasteiger partial charge on any atom is -0.376 e. The number of thiophene rings is 1. The van der Waals surface area contributed by atoms with Crippen LogP contribution in [-0.4, -0.2) is 5.75 Å². The van der Waals surface area contributed by atoms with Crippen molar-refractivity contribution < 1.29 is 0 Å². The smallest absolute Gasteiger partial charge is 0.102 e. The Morgan fingerprint density at radius 2 is 2.14 bits per heavy atom. The average molecular weight is 316 g/mol. The van der Waals surface area contributed by atoms with Gasteiger partial charge in [-0.25, -0.2) is 0 Å². The molecule has 0 saturated heterocycles. The van der Waals surface area contributed by atoms with Crippen molar-refractivity contribution in [3.8, 4) is 6.07 Å². The molecule has 1 aromatic heterocycles. The fourth-order valence-corrected chi connectivity index (χ4v) is 3.89. The van der Waals surface area contributed by atoms with Crippen molar-refractivity contribution in [1.82, 2.24) is 0 Å². The molecule has 0 aliphatic rings. The minimum absolute atomic E-state index is 0.281. The molecule has 0 fully saturated rings. The molecule has 1 aromatic carbocycles. The maximum atomic E-state index is 9.50. The molecule has 0 spiro atoms. The number of nitrogens with zero attached hydrogens (tertiary/aromatic N) is 1. The molecular weight excluding hydrogens is 296 g/mol. The second-order valence-corrected chi connectivity index (χ2v) is 7.01. The van der Waals surface area contributed by atoms with Crippen LogP contribution in [-0.2, 0) is 0 Å². The van der Waals surface area contributed by atoms with Crippen molar-refractivity contribution in [3.05, 3.63) is 46.2 Å². The maximum Gasteiger partial charge on any atom is 0.102 e. The molecular formula is C17H20N2S2. The molecule has 4 heteroatoms. The molecule has 110 valence electrons. The largest absolute Gasteiger partial charge is 0.376 e. The molecule has 0 aliphatic heterocycles. The van der Waals surface area contributed by atoms with Crippen molar-refractivity contribution >= 4 is 28.8 Å². The van der Waals surface area contributed by atoms with E-state index in [-0.39, 0.29) is 6.04 Å². The summed E-state index contributed by atoms with van der Waals surface area (Å²) < 4.78 is 0. The fraction of sp³-hybridized carbons (Fsp3) is 0.353. The maximum absolute atomic E-state index is 9.50. The van der Waals surface area contributed by atoms with E-state index in [0.29, 0.717) is 0 Å². The first kappa shape index (κ1) is 15.9. The van der Waals surface area contributed by atoms with Gasteiger partial charge in [0.25, 0.3) is 0 Å². The molecule has 0 aliphatic carbocycles. The molecule has 1 unspecified atom stereocenters. The summed E-state index contributed by atoms with van der Waals surface area (Å²) in [6.07, 6.45) is 2.18. The second-order valence-electron chi connectivity index (χ2n) is 4.72. The van der Waals surface area contributed by atoms with Gasteiger partial charge in [-0.3, -0.25) is 0 Å². The highest BCUT2D eigenvalue weighted by Gasteiger charge is 2.15. The van der Waals surface area contributed by atoms with Crippen molar-refractivity contribution in [2.45, 2.75) is 37.6 Å². The molecule has 1 heterocycles. The zero-order valence-corrected chi connectivity index (χ0v) is 14.1. The Balaban J connectivity index is 2.28. The monoisotopic (exact) mass is 316 g/mol. The third kappa shape index (κ3) is 4.03. The zero-order chi connectivity index (χ0) is 15.1. The molecule has 2 aromatic rings. The van der Waals surface area contributed by atoms with Crippen LogP contribution in [0.25, 0.3) is 0 Å². The van der Waals surface area contributed by atoms with E-state index in [1.54, 1.807) is 23.1 Å². The number of nitriles is 1. The van der Waals surface area contributed by atoms with Gasteiger partial charge >= 0.3 is 0 Å². The Bertz CT molecular complexity index is 600. The summed E-state index contributed by atoms with van der Waals surface area (Å²) in [6.45, 7) is 4.30. The van der Waals surface area contributed by atoms with E-state index in [2.05, 4.69) is 42.7 Å². The number of thioether (sulfide) groups is 1. The lowest BCUT2D eigenvalue weighted by atomic mass is 10.1. The highest BCUT2D eigenvalue weighted by atomic mass is 32.2. The van der Waals surface area contributed by atoms with Gasteiger partial charge in [-0.15, -0.1) is 23.1 Å². The predicted molar refractivity (Wildman–Crippen MR) is 93.1 cm³/mol. The van der Waals surface area contributed by atoms with Crippen molar-refractivity contribution in [1.29, 1.82) is 5.26 Å². The normalized spacial score (nSPS) is 11.9. The van der Waals surface area contributed by atoms with E-state index in [1.165, 1.54) is 4.88 Å². The van der Waals surface area contributed by atoms with Crippen LogP contribution in [0.4, 0.5) is 5.69 Å². The van der Waals surface area contributed by atoms with Crippen molar-refractivity contribution in [2.24, 2.45) is 0 Å². The second kappa shape index (κ2) is 8.11. The van der Waals surface area contributed by atoms with Crippen LogP contribution in [0.15, 0.2) is 40.6 Å². The number of hydrogen-bond acceptors (Lipinski definition) is 4. The SMILES string of the molecule is CCCC(Nc1cccc(SCC)c1C#N)c1cccs1. The van der Waals surface area contributed by atoms with E-state index < -0.39 is 0 Å². The van der Waals surface area contributed by atoms with Gasteiger partial charge in [0, 0.05) is 9.77 Å². The first-order valence-electron chi connectivity index (χ1n) is 7.26. The van der Waals surface area contributed by atoms with Gasteiger partial charge < -0.3 is 5.32 Å². The van der Waals surface area contributed by atoms with Gasteiger partial charge in [0.1, 0.15) is 6.07 Å². The van der Waals surface area contributed by atoms with E-state index >= 15 is 0 Å². The molecule has 0 amide bonds. The molecule has 0 bridgehead atoms. The molecule has 21 heavy (non-hydrogen) atoms. The third-order valence-corrected chi connectivity index (χ3v) is 5.16.